The van der Waals surface area contributed by atoms with Crippen molar-refractivity contribution >= 4 is 17.5 Å². The normalized spacial score (nSPS) is 20.3. The number of nitrogens with zero attached hydrogens (tertiary/aromatic N) is 4. The van der Waals surface area contributed by atoms with Crippen LogP contribution in [0, 0.1) is 0 Å². The van der Waals surface area contributed by atoms with Gasteiger partial charge >= 0.3 is 0 Å². The van der Waals surface area contributed by atoms with Gasteiger partial charge in [-0.25, -0.2) is 4.98 Å². The largest absolute Gasteiger partial charge is 0.375 e. The van der Waals surface area contributed by atoms with E-state index in [2.05, 4.69) is 80.7 Å². The second-order valence-electron chi connectivity index (χ2n) is 8.73. The molecule has 0 aliphatic carbocycles. The van der Waals surface area contributed by atoms with Gasteiger partial charge in [-0.1, -0.05) is 12.1 Å². The molecular formula is C25H36N6O. The van der Waals surface area contributed by atoms with Gasteiger partial charge in [0.1, 0.15) is 5.82 Å². The van der Waals surface area contributed by atoms with E-state index < -0.39 is 0 Å². The van der Waals surface area contributed by atoms with Crippen LogP contribution in [0.15, 0.2) is 47.6 Å². The van der Waals surface area contributed by atoms with E-state index in [0.717, 1.165) is 44.6 Å². The van der Waals surface area contributed by atoms with Crippen molar-refractivity contribution in [3.63, 3.8) is 0 Å². The van der Waals surface area contributed by atoms with Crippen molar-refractivity contribution < 1.29 is 4.74 Å². The first-order valence-electron chi connectivity index (χ1n) is 11.8. The lowest BCUT2D eigenvalue weighted by Crippen LogP contribution is -2.41. The third-order valence-corrected chi connectivity index (χ3v) is 6.25. The predicted molar refractivity (Wildman–Crippen MR) is 132 cm³/mol. The summed E-state index contributed by atoms with van der Waals surface area (Å²) in [6.07, 6.45) is 4.70. The molecule has 0 spiro atoms. The molecular weight excluding hydrogens is 400 g/mol. The summed E-state index contributed by atoms with van der Waals surface area (Å²) >= 11 is 0. The molecule has 2 aromatic rings. The molecule has 2 unspecified atom stereocenters. The number of hydrogen-bond acceptors (Lipinski definition) is 5. The van der Waals surface area contributed by atoms with Gasteiger partial charge in [-0.3, -0.25) is 4.99 Å². The molecule has 172 valence electrons. The molecule has 3 heterocycles. The number of aliphatic imine (C=N–C) groups is 1. The van der Waals surface area contributed by atoms with E-state index in [0.29, 0.717) is 6.54 Å². The summed E-state index contributed by atoms with van der Waals surface area (Å²) in [4.78, 5) is 13.8. The molecule has 2 aliphatic heterocycles. The summed E-state index contributed by atoms with van der Waals surface area (Å²) in [5.41, 5.74) is 3.77. The molecule has 1 aromatic carbocycles. The molecule has 4 rings (SSSR count). The van der Waals surface area contributed by atoms with E-state index >= 15 is 0 Å². The van der Waals surface area contributed by atoms with Crippen LogP contribution in [0.3, 0.4) is 0 Å². The number of rotatable bonds is 6. The Hall–Kier alpha value is -2.80. The smallest absolute Gasteiger partial charge is 0.191 e. The highest BCUT2D eigenvalue weighted by atomic mass is 16.5. The zero-order valence-corrected chi connectivity index (χ0v) is 19.6. The molecule has 2 atom stereocenters. The first kappa shape index (κ1) is 22.4. The van der Waals surface area contributed by atoms with Crippen LogP contribution in [0.1, 0.15) is 43.9 Å². The van der Waals surface area contributed by atoms with E-state index in [1.165, 1.54) is 29.7 Å². The molecule has 0 saturated carbocycles. The van der Waals surface area contributed by atoms with Gasteiger partial charge in [0.15, 0.2) is 5.96 Å². The number of nitrogens with one attached hydrogen (secondary N) is 2. The van der Waals surface area contributed by atoms with Gasteiger partial charge in [0.25, 0.3) is 0 Å². The maximum atomic E-state index is 5.65. The molecule has 7 heteroatoms. The average molecular weight is 437 g/mol. The summed E-state index contributed by atoms with van der Waals surface area (Å²) in [6, 6.07) is 13.2. The minimum absolute atomic E-state index is 0.159. The van der Waals surface area contributed by atoms with Crippen LogP contribution in [0.4, 0.5) is 11.5 Å². The van der Waals surface area contributed by atoms with E-state index in [4.69, 9.17) is 4.74 Å². The molecule has 0 bridgehead atoms. The van der Waals surface area contributed by atoms with E-state index in [9.17, 15) is 0 Å². The second-order valence-corrected chi connectivity index (χ2v) is 8.73. The zero-order valence-electron chi connectivity index (χ0n) is 19.6. The summed E-state index contributed by atoms with van der Waals surface area (Å²) in [5, 5.41) is 6.99. The third-order valence-electron chi connectivity index (χ3n) is 6.25. The third kappa shape index (κ3) is 5.71. The van der Waals surface area contributed by atoms with Crippen LogP contribution in [0.5, 0.6) is 0 Å². The molecule has 2 aliphatic rings. The van der Waals surface area contributed by atoms with Crippen molar-refractivity contribution in [1.29, 1.82) is 0 Å². The Morgan fingerprint density at radius 1 is 1.19 bits per heavy atom. The lowest BCUT2D eigenvalue weighted by molar-refractivity contribution is 0.0529. The number of guanidine groups is 1. The van der Waals surface area contributed by atoms with Gasteiger partial charge in [0, 0.05) is 51.7 Å². The monoisotopic (exact) mass is 436 g/mol. The maximum absolute atomic E-state index is 5.65. The summed E-state index contributed by atoms with van der Waals surface area (Å²) < 4.78 is 5.65. The fraction of sp³-hybridized carbons (Fsp3) is 0.520. The van der Waals surface area contributed by atoms with Crippen molar-refractivity contribution in [3.8, 4) is 0 Å². The minimum Gasteiger partial charge on any atom is -0.375 e. The van der Waals surface area contributed by atoms with Gasteiger partial charge in [0.05, 0.1) is 18.8 Å². The molecule has 2 N–H and O–H groups in total. The highest BCUT2D eigenvalue weighted by Crippen LogP contribution is 2.24. The SMILES string of the molecule is CN=C(NCc1ccnc(N2CCOC(C)C2)c1)NC(C)c1cccc(N2CCCC2)c1. The summed E-state index contributed by atoms with van der Waals surface area (Å²) in [5.74, 6) is 1.80. The van der Waals surface area contributed by atoms with E-state index in [1.54, 1.807) is 0 Å². The van der Waals surface area contributed by atoms with Gasteiger partial charge in [-0.2, -0.15) is 0 Å². The number of benzene rings is 1. The lowest BCUT2D eigenvalue weighted by atomic mass is 10.1. The highest BCUT2D eigenvalue weighted by molar-refractivity contribution is 5.80. The lowest BCUT2D eigenvalue weighted by Gasteiger charge is -2.32. The standard InChI is InChI=1S/C25H36N6O/c1-19-18-31(13-14-32-19)24-15-21(9-10-27-24)17-28-25(26-3)29-20(2)22-7-6-8-23(16-22)30-11-4-5-12-30/h6-10,15-16,19-20H,4-5,11-14,17-18H2,1-3H3,(H2,26,28,29). The van der Waals surface area contributed by atoms with E-state index in [-0.39, 0.29) is 12.1 Å². The van der Waals surface area contributed by atoms with Crippen LogP contribution < -0.4 is 20.4 Å². The van der Waals surface area contributed by atoms with Crippen molar-refractivity contribution in [1.82, 2.24) is 15.6 Å². The molecule has 2 fully saturated rings. The van der Waals surface area contributed by atoms with Crippen LogP contribution in [0.25, 0.3) is 0 Å². The Kier molecular flexibility index (Phi) is 7.47. The Morgan fingerprint density at radius 2 is 2.03 bits per heavy atom. The molecule has 0 radical (unpaired) electrons. The Balaban J connectivity index is 1.34. The van der Waals surface area contributed by atoms with Crippen molar-refractivity contribution in [3.05, 3.63) is 53.7 Å². The quantitative estimate of drug-likeness (QED) is 0.535. The van der Waals surface area contributed by atoms with Crippen LogP contribution in [0.2, 0.25) is 0 Å². The average Bonchev–Trinajstić information content (AvgIpc) is 3.37. The fourth-order valence-corrected chi connectivity index (χ4v) is 4.40. The van der Waals surface area contributed by atoms with Crippen molar-refractivity contribution in [2.45, 2.75) is 45.4 Å². The molecule has 0 amide bonds. The maximum Gasteiger partial charge on any atom is 0.191 e. The number of anilines is 2. The van der Waals surface area contributed by atoms with Crippen LogP contribution >= 0.6 is 0 Å². The van der Waals surface area contributed by atoms with Gasteiger partial charge in [0.2, 0.25) is 0 Å². The Bertz CT molecular complexity index is 911. The summed E-state index contributed by atoms with van der Waals surface area (Å²) in [6.45, 7) is 9.80. The zero-order chi connectivity index (χ0) is 22.3. The Morgan fingerprint density at radius 3 is 2.81 bits per heavy atom. The number of morpholine rings is 1. The summed E-state index contributed by atoms with van der Waals surface area (Å²) in [7, 11) is 1.82. The van der Waals surface area contributed by atoms with Crippen LogP contribution in [-0.4, -0.2) is 56.9 Å². The molecule has 2 saturated heterocycles. The number of aromatic nitrogens is 1. The molecule has 7 nitrogen and oxygen atoms in total. The topological polar surface area (TPSA) is 65.0 Å². The van der Waals surface area contributed by atoms with Gasteiger partial charge < -0.3 is 25.2 Å². The van der Waals surface area contributed by atoms with Crippen molar-refractivity contribution in [2.75, 3.05) is 49.6 Å². The number of ether oxygens (including phenoxy) is 1. The first-order valence-corrected chi connectivity index (χ1v) is 11.8. The fourth-order valence-electron chi connectivity index (χ4n) is 4.40. The highest BCUT2D eigenvalue weighted by Gasteiger charge is 2.18. The van der Waals surface area contributed by atoms with E-state index in [1.807, 2.05) is 13.2 Å². The van der Waals surface area contributed by atoms with Crippen LogP contribution in [-0.2, 0) is 11.3 Å². The number of hydrogen-bond donors (Lipinski definition) is 2. The van der Waals surface area contributed by atoms with Gasteiger partial charge in [-0.05, 0) is 62.1 Å². The molecule has 1 aromatic heterocycles. The molecule has 32 heavy (non-hydrogen) atoms. The minimum atomic E-state index is 0.159. The predicted octanol–water partition coefficient (Wildman–Crippen LogP) is 3.33. The van der Waals surface area contributed by atoms with Crippen molar-refractivity contribution in [2.24, 2.45) is 4.99 Å². The Labute approximate surface area is 191 Å². The number of pyridine rings is 1. The first-order chi connectivity index (χ1) is 15.6. The second kappa shape index (κ2) is 10.7. The van der Waals surface area contributed by atoms with Gasteiger partial charge in [-0.15, -0.1) is 0 Å².